The second kappa shape index (κ2) is 5.30. The van der Waals surface area contributed by atoms with Gasteiger partial charge >= 0.3 is 5.97 Å². The highest BCUT2D eigenvalue weighted by molar-refractivity contribution is 8.69. The summed E-state index contributed by atoms with van der Waals surface area (Å²) in [7, 11) is -3.89. The normalized spacial score (nSPS) is 13.3. The van der Waals surface area contributed by atoms with Gasteiger partial charge in [-0.05, 0) is 6.92 Å². The molecule has 1 unspecified atom stereocenters. The number of carbonyl (C=O) groups excluding carboxylic acids is 1. The van der Waals surface area contributed by atoms with Crippen LogP contribution >= 0.6 is 22.5 Å². The summed E-state index contributed by atoms with van der Waals surface area (Å²) in [5, 5.41) is 18.0. The molecule has 1 atom stereocenters. The van der Waals surface area contributed by atoms with Crippen molar-refractivity contribution in [3.63, 3.8) is 0 Å². The van der Waals surface area contributed by atoms with E-state index >= 15 is 0 Å². The first-order valence-electron chi connectivity index (χ1n) is 4.32. The van der Waals surface area contributed by atoms with Crippen LogP contribution in [0, 0.1) is 0 Å². The van der Waals surface area contributed by atoms with Gasteiger partial charge in [0.1, 0.15) is 5.25 Å². The van der Waals surface area contributed by atoms with Gasteiger partial charge in [0.05, 0.1) is 0 Å². The third-order valence-corrected chi connectivity index (χ3v) is 4.14. The van der Waals surface area contributed by atoms with Gasteiger partial charge in [0, 0.05) is 6.07 Å². The average molecular weight is 315 g/mol. The second-order valence-electron chi connectivity index (χ2n) is 3.12. The fraction of sp³-hybridized carbons (Fsp3) is 0.286. The number of thiol groups is 1. The Bertz CT molecular complexity index is 564. The maximum absolute atomic E-state index is 11.4. The summed E-state index contributed by atoms with van der Waals surface area (Å²) in [4.78, 5) is 14.9. The molecule has 0 radical (unpaired) electrons. The highest BCUT2D eigenvalue weighted by Crippen LogP contribution is 2.30. The Labute approximate surface area is 111 Å². The van der Waals surface area contributed by atoms with Crippen LogP contribution in [0.15, 0.2) is 11.0 Å². The molecule has 0 aliphatic carbocycles. The Morgan fingerprint density at radius 2 is 2.11 bits per heavy atom. The van der Waals surface area contributed by atoms with E-state index in [-0.39, 0.29) is 4.73 Å². The zero-order chi connectivity index (χ0) is 14.1. The van der Waals surface area contributed by atoms with Crippen molar-refractivity contribution >= 4 is 38.5 Å². The molecule has 0 aliphatic heterocycles. The molecule has 1 aromatic rings. The van der Waals surface area contributed by atoms with Gasteiger partial charge in [-0.2, -0.15) is 8.42 Å². The van der Waals surface area contributed by atoms with Gasteiger partial charge in [0.15, 0.2) is 4.90 Å². The monoisotopic (exact) mass is 315 g/mol. The summed E-state index contributed by atoms with van der Waals surface area (Å²) in [6.45, 7) is 1.45. The fourth-order valence-corrected chi connectivity index (χ4v) is 1.89. The van der Waals surface area contributed by atoms with Crippen molar-refractivity contribution in [3.8, 4) is 11.8 Å². The van der Waals surface area contributed by atoms with Crippen LogP contribution < -0.4 is 4.84 Å². The molecule has 8 nitrogen and oxygen atoms in total. The molecule has 0 spiro atoms. The van der Waals surface area contributed by atoms with Gasteiger partial charge in [0.2, 0.25) is 5.88 Å². The molecule has 0 amide bonds. The van der Waals surface area contributed by atoms with Crippen LogP contribution in [-0.2, 0) is 14.9 Å². The summed E-state index contributed by atoms with van der Waals surface area (Å²) in [6.07, 6.45) is 0. The Morgan fingerprint density at radius 1 is 1.56 bits per heavy atom. The number of hydrogen-bond acceptors (Lipinski definition) is 8. The highest BCUT2D eigenvalue weighted by atomic mass is 33.1. The zero-order valence-corrected chi connectivity index (χ0v) is 11.4. The molecule has 18 heavy (non-hydrogen) atoms. The Balaban J connectivity index is 3.13. The fourth-order valence-electron chi connectivity index (χ4n) is 0.936. The van der Waals surface area contributed by atoms with Crippen molar-refractivity contribution < 1.29 is 32.8 Å². The topological polar surface area (TPSA) is 126 Å². The van der Waals surface area contributed by atoms with Crippen LogP contribution in [0.3, 0.4) is 0 Å². The molecule has 1 rings (SSSR count). The lowest BCUT2D eigenvalue weighted by molar-refractivity contribution is -0.144. The minimum atomic E-state index is -4.74. The lowest BCUT2D eigenvalue weighted by Gasteiger charge is -2.09. The van der Waals surface area contributed by atoms with Crippen molar-refractivity contribution in [1.29, 1.82) is 0 Å². The molecule has 102 valence electrons. The number of nitrogens with zero attached hydrogens (tertiary/aromatic N) is 1. The van der Waals surface area contributed by atoms with E-state index in [1.54, 1.807) is 0 Å². The van der Waals surface area contributed by atoms with Crippen LogP contribution in [-0.4, -0.2) is 39.1 Å². The highest BCUT2D eigenvalue weighted by Gasteiger charge is 2.27. The summed E-state index contributed by atoms with van der Waals surface area (Å²) in [5.41, 5.74) is 0. The number of hydrogen-bond donors (Lipinski definition) is 4. The molecular formula is C7H9NO7S3. The zero-order valence-electron chi connectivity index (χ0n) is 8.84. The Hall–Kier alpha value is -1.04. The average Bonchev–Trinajstić information content (AvgIpc) is 2.55. The Morgan fingerprint density at radius 3 is 2.50 bits per heavy atom. The molecule has 0 saturated carbocycles. The van der Waals surface area contributed by atoms with E-state index in [1.165, 1.54) is 6.92 Å². The maximum Gasteiger partial charge on any atom is 0.346 e. The van der Waals surface area contributed by atoms with Gasteiger partial charge in [-0.1, -0.05) is 10.8 Å². The standard InChI is InChI=1S/C7H9NO7S3/c1-3(17-16)7(11)15-8-5(9)2-4(6(8)10)18(12,13)14/h2-3,9-10,16H,1H3,(H,12,13,14). The molecular weight excluding hydrogens is 306 g/mol. The third kappa shape index (κ3) is 3.04. The largest absolute Gasteiger partial charge is 0.492 e. The second-order valence-corrected chi connectivity index (χ2v) is 6.06. The maximum atomic E-state index is 11.4. The predicted molar refractivity (Wildman–Crippen MR) is 65.2 cm³/mol. The minimum Gasteiger partial charge on any atom is -0.492 e. The quantitative estimate of drug-likeness (QED) is 0.349. The van der Waals surface area contributed by atoms with Crippen molar-refractivity contribution in [2.45, 2.75) is 17.1 Å². The molecule has 1 heterocycles. The number of aromatic hydroxyl groups is 2. The SMILES string of the molecule is CC(SS)C(=O)On1c(O)cc(S(=O)(=O)O)c1O. The van der Waals surface area contributed by atoms with Crippen molar-refractivity contribution in [1.82, 2.24) is 4.73 Å². The van der Waals surface area contributed by atoms with E-state index in [0.717, 1.165) is 10.8 Å². The van der Waals surface area contributed by atoms with Crippen molar-refractivity contribution in [3.05, 3.63) is 6.07 Å². The summed E-state index contributed by atoms with van der Waals surface area (Å²) < 4.78 is 30.5. The van der Waals surface area contributed by atoms with Crippen LogP contribution in [0.5, 0.6) is 11.8 Å². The Kier molecular flexibility index (Phi) is 4.42. The van der Waals surface area contributed by atoms with E-state index in [2.05, 4.69) is 16.5 Å². The van der Waals surface area contributed by atoms with E-state index in [0.29, 0.717) is 6.07 Å². The van der Waals surface area contributed by atoms with E-state index < -0.39 is 38.0 Å². The summed E-state index contributed by atoms with van der Waals surface area (Å²) in [6, 6.07) is 0.538. The minimum absolute atomic E-state index is 0.186. The van der Waals surface area contributed by atoms with Crippen LogP contribution in [0.1, 0.15) is 6.92 Å². The van der Waals surface area contributed by atoms with Crippen LogP contribution in [0.2, 0.25) is 0 Å². The van der Waals surface area contributed by atoms with Gasteiger partial charge < -0.3 is 15.1 Å². The molecule has 11 heteroatoms. The molecule has 0 fully saturated rings. The van der Waals surface area contributed by atoms with Gasteiger partial charge in [-0.25, -0.2) is 4.79 Å². The van der Waals surface area contributed by atoms with Crippen LogP contribution in [0.25, 0.3) is 0 Å². The smallest absolute Gasteiger partial charge is 0.346 e. The van der Waals surface area contributed by atoms with Gasteiger partial charge in [-0.3, -0.25) is 4.55 Å². The van der Waals surface area contributed by atoms with Crippen molar-refractivity contribution in [2.24, 2.45) is 0 Å². The van der Waals surface area contributed by atoms with E-state index in [1.807, 2.05) is 0 Å². The number of aromatic nitrogens is 1. The predicted octanol–water partition coefficient (Wildman–Crippen LogP) is 0.0677. The van der Waals surface area contributed by atoms with Crippen LogP contribution in [0.4, 0.5) is 0 Å². The van der Waals surface area contributed by atoms with E-state index in [9.17, 15) is 23.4 Å². The first-order valence-corrected chi connectivity index (χ1v) is 7.69. The molecule has 0 bridgehead atoms. The first kappa shape index (κ1) is 15.0. The molecule has 0 saturated heterocycles. The number of rotatable bonds is 4. The molecule has 1 aromatic heterocycles. The number of carbonyl (C=O) groups is 1. The lowest BCUT2D eigenvalue weighted by Crippen LogP contribution is -2.26. The van der Waals surface area contributed by atoms with Gasteiger partial charge in [-0.15, -0.1) is 16.4 Å². The van der Waals surface area contributed by atoms with Crippen molar-refractivity contribution in [2.75, 3.05) is 0 Å². The first-order chi connectivity index (χ1) is 8.18. The summed E-state index contributed by atoms with van der Waals surface area (Å²) >= 11 is 3.77. The molecule has 0 aromatic carbocycles. The van der Waals surface area contributed by atoms with Gasteiger partial charge in [0.25, 0.3) is 16.0 Å². The molecule has 3 N–H and O–H groups in total. The third-order valence-electron chi connectivity index (χ3n) is 1.83. The lowest BCUT2D eigenvalue weighted by atomic mass is 10.5. The van der Waals surface area contributed by atoms with E-state index in [4.69, 9.17) is 4.55 Å². The summed E-state index contributed by atoms with van der Waals surface area (Å²) in [5.74, 6) is -2.84. The molecule has 0 aliphatic rings.